The molecule has 6 nitrogen and oxygen atoms in total. The lowest BCUT2D eigenvalue weighted by Gasteiger charge is -1.96. The number of furan rings is 1. The van der Waals surface area contributed by atoms with Crippen molar-refractivity contribution in [2.24, 2.45) is 0 Å². The highest BCUT2D eigenvalue weighted by molar-refractivity contribution is 5.96. The highest BCUT2D eigenvalue weighted by Gasteiger charge is 2.14. The standard InChI is InChI=1S/C10H12N4O2/c1-3-12-10(15)7-4-6-8(16-7)9(11)14-5(2)13-6/h4H,3H2,1-2H3,(H,12,15)(H2,11,13,14). The number of nitrogens with zero attached hydrogens (tertiary/aromatic N) is 2. The zero-order valence-electron chi connectivity index (χ0n) is 9.07. The third kappa shape index (κ3) is 1.69. The Balaban J connectivity index is 2.51. The number of rotatable bonds is 2. The van der Waals surface area contributed by atoms with E-state index in [1.54, 1.807) is 13.0 Å². The van der Waals surface area contributed by atoms with Crippen LogP contribution in [0.2, 0.25) is 0 Å². The predicted octanol–water partition coefficient (Wildman–Crippen LogP) is 0.863. The van der Waals surface area contributed by atoms with Crippen LogP contribution in [0.25, 0.3) is 11.1 Å². The van der Waals surface area contributed by atoms with Crippen LogP contribution in [0.1, 0.15) is 23.3 Å². The van der Waals surface area contributed by atoms with Gasteiger partial charge in [-0.2, -0.15) is 0 Å². The van der Waals surface area contributed by atoms with Gasteiger partial charge in [0.15, 0.2) is 17.2 Å². The number of nitrogen functional groups attached to an aromatic ring is 1. The number of fused-ring (bicyclic) bond motifs is 1. The highest BCUT2D eigenvalue weighted by atomic mass is 16.3. The van der Waals surface area contributed by atoms with Gasteiger partial charge in [0.25, 0.3) is 5.91 Å². The molecule has 0 aliphatic rings. The lowest BCUT2D eigenvalue weighted by molar-refractivity contribution is 0.0930. The van der Waals surface area contributed by atoms with Crippen molar-refractivity contribution in [3.8, 4) is 0 Å². The number of aromatic nitrogens is 2. The maximum Gasteiger partial charge on any atom is 0.287 e. The first-order chi connectivity index (χ1) is 7.61. The summed E-state index contributed by atoms with van der Waals surface area (Å²) in [6.07, 6.45) is 0. The SMILES string of the molecule is CCNC(=O)c1cc2nc(C)nc(N)c2o1. The minimum atomic E-state index is -0.280. The maximum absolute atomic E-state index is 11.5. The number of hydrogen-bond acceptors (Lipinski definition) is 5. The zero-order valence-corrected chi connectivity index (χ0v) is 9.07. The first-order valence-corrected chi connectivity index (χ1v) is 4.93. The Kier molecular flexibility index (Phi) is 2.47. The van der Waals surface area contributed by atoms with E-state index < -0.39 is 0 Å². The smallest absolute Gasteiger partial charge is 0.287 e. The molecular weight excluding hydrogens is 208 g/mol. The molecule has 1 amide bonds. The van der Waals surface area contributed by atoms with Gasteiger partial charge in [-0.3, -0.25) is 4.79 Å². The number of carbonyl (C=O) groups excluding carboxylic acids is 1. The molecule has 2 rings (SSSR count). The Labute approximate surface area is 91.9 Å². The van der Waals surface area contributed by atoms with Gasteiger partial charge in [0.05, 0.1) is 0 Å². The fourth-order valence-electron chi connectivity index (χ4n) is 1.43. The molecule has 0 unspecified atom stereocenters. The molecule has 0 saturated heterocycles. The molecule has 0 saturated carbocycles. The van der Waals surface area contributed by atoms with Gasteiger partial charge < -0.3 is 15.5 Å². The van der Waals surface area contributed by atoms with E-state index in [-0.39, 0.29) is 17.5 Å². The van der Waals surface area contributed by atoms with Gasteiger partial charge in [-0.15, -0.1) is 0 Å². The number of nitrogens with two attached hydrogens (primary N) is 1. The number of nitrogens with one attached hydrogen (secondary N) is 1. The monoisotopic (exact) mass is 220 g/mol. The molecule has 0 aliphatic heterocycles. The number of amides is 1. The van der Waals surface area contributed by atoms with Crippen molar-refractivity contribution < 1.29 is 9.21 Å². The van der Waals surface area contributed by atoms with E-state index in [0.717, 1.165) is 0 Å². The van der Waals surface area contributed by atoms with Crippen molar-refractivity contribution >= 4 is 22.8 Å². The largest absolute Gasteiger partial charge is 0.445 e. The Morgan fingerprint density at radius 3 is 3.00 bits per heavy atom. The minimum absolute atomic E-state index is 0.198. The summed E-state index contributed by atoms with van der Waals surface area (Å²) in [6, 6.07) is 1.56. The van der Waals surface area contributed by atoms with Crippen LogP contribution >= 0.6 is 0 Å². The summed E-state index contributed by atoms with van der Waals surface area (Å²) < 4.78 is 5.31. The van der Waals surface area contributed by atoms with E-state index in [2.05, 4.69) is 15.3 Å². The molecule has 0 spiro atoms. The molecule has 0 aliphatic carbocycles. The topological polar surface area (TPSA) is 94.0 Å². The van der Waals surface area contributed by atoms with Crippen molar-refractivity contribution in [2.45, 2.75) is 13.8 Å². The molecule has 16 heavy (non-hydrogen) atoms. The summed E-state index contributed by atoms with van der Waals surface area (Å²) in [5.74, 6) is 0.715. The van der Waals surface area contributed by atoms with Crippen LogP contribution in [-0.2, 0) is 0 Å². The summed E-state index contributed by atoms with van der Waals surface area (Å²) in [4.78, 5) is 19.6. The third-order valence-corrected chi connectivity index (χ3v) is 2.07. The van der Waals surface area contributed by atoms with Crippen LogP contribution < -0.4 is 11.1 Å². The average Bonchev–Trinajstić information content (AvgIpc) is 2.62. The fourth-order valence-corrected chi connectivity index (χ4v) is 1.43. The van der Waals surface area contributed by atoms with E-state index in [1.807, 2.05) is 6.92 Å². The molecule has 84 valence electrons. The molecule has 2 heterocycles. The van der Waals surface area contributed by atoms with E-state index in [0.29, 0.717) is 23.5 Å². The summed E-state index contributed by atoms with van der Waals surface area (Å²) >= 11 is 0. The third-order valence-electron chi connectivity index (χ3n) is 2.07. The molecular formula is C10H12N4O2. The normalized spacial score (nSPS) is 10.6. The van der Waals surface area contributed by atoms with Crippen molar-refractivity contribution in [3.05, 3.63) is 17.7 Å². The van der Waals surface area contributed by atoms with Crippen molar-refractivity contribution in [1.29, 1.82) is 0 Å². The van der Waals surface area contributed by atoms with Crippen LogP contribution in [0, 0.1) is 6.92 Å². The van der Waals surface area contributed by atoms with Crippen LogP contribution in [0.15, 0.2) is 10.5 Å². The molecule has 2 aromatic heterocycles. The van der Waals surface area contributed by atoms with E-state index in [1.165, 1.54) is 0 Å². The van der Waals surface area contributed by atoms with Gasteiger partial charge in [0.1, 0.15) is 11.3 Å². The van der Waals surface area contributed by atoms with Crippen LogP contribution in [0.5, 0.6) is 0 Å². The second-order valence-corrected chi connectivity index (χ2v) is 3.34. The Hall–Kier alpha value is -2.11. The van der Waals surface area contributed by atoms with Crippen molar-refractivity contribution in [3.63, 3.8) is 0 Å². The number of anilines is 1. The summed E-state index contributed by atoms with van der Waals surface area (Å²) in [6.45, 7) is 4.10. The first-order valence-electron chi connectivity index (χ1n) is 4.93. The van der Waals surface area contributed by atoms with Crippen LogP contribution in [-0.4, -0.2) is 22.4 Å². The molecule has 0 atom stereocenters. The van der Waals surface area contributed by atoms with E-state index in [4.69, 9.17) is 10.2 Å². The Morgan fingerprint density at radius 2 is 2.31 bits per heavy atom. The van der Waals surface area contributed by atoms with Gasteiger partial charge >= 0.3 is 0 Å². The molecule has 0 radical (unpaired) electrons. The number of hydrogen-bond donors (Lipinski definition) is 2. The molecule has 3 N–H and O–H groups in total. The number of carbonyl (C=O) groups is 1. The lowest BCUT2D eigenvalue weighted by atomic mass is 10.3. The first kappa shape index (κ1) is 10.4. The summed E-state index contributed by atoms with van der Waals surface area (Å²) in [5, 5.41) is 2.64. The minimum Gasteiger partial charge on any atom is -0.445 e. The van der Waals surface area contributed by atoms with Crippen LogP contribution in [0.4, 0.5) is 5.82 Å². The Bertz CT molecular complexity index is 547. The number of aryl methyl sites for hydroxylation is 1. The fraction of sp³-hybridized carbons (Fsp3) is 0.300. The van der Waals surface area contributed by atoms with Crippen LogP contribution in [0.3, 0.4) is 0 Å². The van der Waals surface area contributed by atoms with Crippen molar-refractivity contribution in [1.82, 2.24) is 15.3 Å². The van der Waals surface area contributed by atoms with Gasteiger partial charge in [-0.1, -0.05) is 0 Å². The lowest BCUT2D eigenvalue weighted by Crippen LogP contribution is -2.21. The molecule has 0 bridgehead atoms. The molecule has 0 aromatic carbocycles. The summed E-state index contributed by atoms with van der Waals surface area (Å²) in [5.41, 5.74) is 6.57. The predicted molar refractivity (Wildman–Crippen MR) is 59.0 cm³/mol. The van der Waals surface area contributed by atoms with E-state index in [9.17, 15) is 4.79 Å². The van der Waals surface area contributed by atoms with Gasteiger partial charge in [0.2, 0.25) is 0 Å². The van der Waals surface area contributed by atoms with E-state index >= 15 is 0 Å². The molecule has 2 aromatic rings. The average molecular weight is 220 g/mol. The van der Waals surface area contributed by atoms with Gasteiger partial charge in [0, 0.05) is 12.6 Å². The molecule has 0 fully saturated rings. The maximum atomic E-state index is 11.5. The quantitative estimate of drug-likeness (QED) is 0.782. The Morgan fingerprint density at radius 1 is 1.56 bits per heavy atom. The zero-order chi connectivity index (χ0) is 11.7. The van der Waals surface area contributed by atoms with Gasteiger partial charge in [-0.05, 0) is 13.8 Å². The second-order valence-electron chi connectivity index (χ2n) is 3.34. The second kappa shape index (κ2) is 3.80. The molecule has 6 heteroatoms. The van der Waals surface area contributed by atoms with Crippen molar-refractivity contribution in [2.75, 3.05) is 12.3 Å². The highest BCUT2D eigenvalue weighted by Crippen LogP contribution is 2.21. The summed E-state index contributed by atoms with van der Waals surface area (Å²) in [7, 11) is 0. The van der Waals surface area contributed by atoms with Gasteiger partial charge in [-0.25, -0.2) is 9.97 Å².